The molecule has 0 spiro atoms. The van der Waals surface area contributed by atoms with Crippen LogP contribution >= 0.6 is 0 Å². The average Bonchev–Trinajstić information content (AvgIpc) is 2.45. The summed E-state index contributed by atoms with van der Waals surface area (Å²) in [6.45, 7) is 1.80. The van der Waals surface area contributed by atoms with E-state index in [4.69, 9.17) is 4.74 Å². The van der Waals surface area contributed by atoms with E-state index in [0.717, 1.165) is 11.6 Å². The summed E-state index contributed by atoms with van der Waals surface area (Å²) in [5, 5.41) is 29.2. The summed E-state index contributed by atoms with van der Waals surface area (Å²) in [5.74, 6) is -1.28. The van der Waals surface area contributed by atoms with Gasteiger partial charge in [0.05, 0.1) is 0 Å². The number of carbonyl (C=O) groups is 1. The molecule has 0 fully saturated rings. The van der Waals surface area contributed by atoms with Crippen molar-refractivity contribution in [3.05, 3.63) is 46.5 Å². The van der Waals surface area contributed by atoms with Crippen LogP contribution in [0.3, 0.4) is 0 Å². The van der Waals surface area contributed by atoms with Crippen LogP contribution in [0.1, 0.15) is 27.0 Å². The summed E-state index contributed by atoms with van der Waals surface area (Å²) in [4.78, 5) is 12.1. The molecule has 3 rings (SSSR count). The van der Waals surface area contributed by atoms with Crippen molar-refractivity contribution in [2.24, 2.45) is 0 Å². The average molecular weight is 272 g/mol. The Morgan fingerprint density at radius 1 is 1.00 bits per heavy atom. The molecule has 20 heavy (non-hydrogen) atoms. The van der Waals surface area contributed by atoms with Crippen molar-refractivity contribution in [2.45, 2.75) is 13.3 Å². The van der Waals surface area contributed by atoms with Crippen LogP contribution in [-0.4, -0.2) is 21.3 Å². The first-order valence-electron chi connectivity index (χ1n) is 6.05. The Kier molecular flexibility index (Phi) is 2.57. The maximum Gasteiger partial charge on any atom is 0.347 e. The summed E-state index contributed by atoms with van der Waals surface area (Å²) >= 11 is 0. The van der Waals surface area contributed by atoms with E-state index in [0.29, 0.717) is 11.1 Å². The van der Waals surface area contributed by atoms with Crippen molar-refractivity contribution in [2.75, 3.05) is 0 Å². The van der Waals surface area contributed by atoms with Crippen molar-refractivity contribution in [1.29, 1.82) is 0 Å². The number of esters is 1. The number of fused-ring (bicyclic) bond motifs is 2. The van der Waals surface area contributed by atoms with Gasteiger partial charge in [-0.25, -0.2) is 4.79 Å². The number of ether oxygens (including phenoxy) is 1. The third-order valence-electron chi connectivity index (χ3n) is 3.25. The molecule has 2 aromatic rings. The highest BCUT2D eigenvalue weighted by molar-refractivity contribution is 5.97. The second-order valence-corrected chi connectivity index (χ2v) is 4.84. The topological polar surface area (TPSA) is 87.0 Å². The lowest BCUT2D eigenvalue weighted by atomic mass is 9.97. The van der Waals surface area contributed by atoms with Crippen LogP contribution in [0.4, 0.5) is 0 Å². The molecule has 5 heteroatoms. The summed E-state index contributed by atoms with van der Waals surface area (Å²) in [6, 6.07) is 5.78. The van der Waals surface area contributed by atoms with Crippen LogP contribution in [0.25, 0.3) is 0 Å². The molecule has 1 aliphatic heterocycles. The van der Waals surface area contributed by atoms with Gasteiger partial charge in [-0.3, -0.25) is 0 Å². The van der Waals surface area contributed by atoms with Gasteiger partial charge in [-0.1, -0.05) is 6.07 Å². The molecular weight excluding hydrogens is 260 g/mol. The van der Waals surface area contributed by atoms with Crippen LogP contribution in [0.5, 0.6) is 23.0 Å². The molecule has 0 aliphatic carbocycles. The van der Waals surface area contributed by atoms with Crippen molar-refractivity contribution >= 4 is 5.97 Å². The SMILES string of the molecule is Cc1cc(O)c2c(c1)Cc1cc(O)cc(O)c1OC2=O. The molecule has 0 radical (unpaired) electrons. The van der Waals surface area contributed by atoms with Crippen molar-refractivity contribution in [3.8, 4) is 23.0 Å². The quantitative estimate of drug-likeness (QED) is 0.505. The van der Waals surface area contributed by atoms with Gasteiger partial charge in [0.2, 0.25) is 0 Å². The van der Waals surface area contributed by atoms with Gasteiger partial charge in [0.1, 0.15) is 17.1 Å². The van der Waals surface area contributed by atoms with Gasteiger partial charge in [0.15, 0.2) is 11.5 Å². The molecule has 0 amide bonds. The van der Waals surface area contributed by atoms with Crippen LogP contribution in [-0.2, 0) is 6.42 Å². The van der Waals surface area contributed by atoms with Gasteiger partial charge in [-0.15, -0.1) is 0 Å². The van der Waals surface area contributed by atoms with Gasteiger partial charge in [0, 0.05) is 18.1 Å². The Morgan fingerprint density at radius 3 is 2.50 bits per heavy atom. The zero-order chi connectivity index (χ0) is 14.4. The molecule has 1 heterocycles. The zero-order valence-electron chi connectivity index (χ0n) is 10.7. The highest BCUT2D eigenvalue weighted by Crippen LogP contribution is 2.40. The fraction of sp³-hybridized carbons (Fsp3) is 0.133. The molecule has 0 aromatic heterocycles. The van der Waals surface area contributed by atoms with E-state index in [1.54, 1.807) is 13.0 Å². The normalized spacial score (nSPS) is 13.2. The van der Waals surface area contributed by atoms with E-state index < -0.39 is 5.97 Å². The van der Waals surface area contributed by atoms with Gasteiger partial charge < -0.3 is 20.1 Å². The monoisotopic (exact) mass is 272 g/mol. The van der Waals surface area contributed by atoms with Crippen LogP contribution < -0.4 is 4.74 Å². The number of hydrogen-bond donors (Lipinski definition) is 3. The number of hydrogen-bond acceptors (Lipinski definition) is 5. The first-order valence-corrected chi connectivity index (χ1v) is 6.05. The molecular formula is C15H12O5. The van der Waals surface area contributed by atoms with E-state index in [1.807, 2.05) is 0 Å². The molecule has 2 aromatic carbocycles. The lowest BCUT2D eigenvalue weighted by Gasteiger charge is -2.08. The van der Waals surface area contributed by atoms with Crippen LogP contribution in [0.15, 0.2) is 24.3 Å². The van der Waals surface area contributed by atoms with E-state index in [2.05, 4.69) is 0 Å². The Balaban J connectivity index is 2.25. The summed E-state index contributed by atoms with van der Waals surface area (Å²) < 4.78 is 5.13. The predicted octanol–water partition coefficient (Wildman–Crippen LogP) is 2.24. The molecule has 0 atom stereocenters. The lowest BCUT2D eigenvalue weighted by molar-refractivity contribution is 0.0727. The van der Waals surface area contributed by atoms with Crippen LogP contribution in [0, 0.1) is 6.92 Å². The molecule has 0 saturated carbocycles. The van der Waals surface area contributed by atoms with Gasteiger partial charge >= 0.3 is 5.97 Å². The van der Waals surface area contributed by atoms with Gasteiger partial charge in [-0.2, -0.15) is 0 Å². The number of benzene rings is 2. The van der Waals surface area contributed by atoms with Gasteiger partial charge in [0.25, 0.3) is 0 Å². The number of phenolic OH excluding ortho intramolecular Hbond substituents is 3. The summed E-state index contributed by atoms with van der Waals surface area (Å²) in [7, 11) is 0. The minimum absolute atomic E-state index is 0.0149. The van der Waals surface area contributed by atoms with Crippen molar-refractivity contribution in [3.63, 3.8) is 0 Å². The number of aryl methyl sites for hydroxylation is 1. The standard InChI is InChI=1S/C15H12O5/c1-7-2-8-4-9-5-10(16)6-12(18)14(9)20-15(19)13(8)11(17)3-7/h2-3,5-6,16-18H,4H2,1H3. The smallest absolute Gasteiger partial charge is 0.347 e. The molecule has 0 saturated heterocycles. The minimum Gasteiger partial charge on any atom is -0.508 e. The highest BCUT2D eigenvalue weighted by Gasteiger charge is 2.27. The second-order valence-electron chi connectivity index (χ2n) is 4.84. The van der Waals surface area contributed by atoms with E-state index in [-0.39, 0.29) is 35.0 Å². The highest BCUT2D eigenvalue weighted by atomic mass is 16.5. The van der Waals surface area contributed by atoms with Gasteiger partial charge in [-0.05, 0) is 30.2 Å². The number of carbonyl (C=O) groups excluding carboxylic acids is 1. The molecule has 1 aliphatic rings. The predicted molar refractivity (Wildman–Crippen MR) is 70.4 cm³/mol. The lowest BCUT2D eigenvalue weighted by Crippen LogP contribution is -2.09. The Hall–Kier alpha value is -2.69. The second kappa shape index (κ2) is 4.16. The zero-order valence-corrected chi connectivity index (χ0v) is 10.7. The van der Waals surface area contributed by atoms with Crippen molar-refractivity contribution in [1.82, 2.24) is 0 Å². The molecule has 3 N–H and O–H groups in total. The molecule has 102 valence electrons. The Labute approximate surface area is 114 Å². The third kappa shape index (κ3) is 1.84. The maximum atomic E-state index is 12.1. The van der Waals surface area contributed by atoms with Crippen molar-refractivity contribution < 1.29 is 24.9 Å². The third-order valence-corrected chi connectivity index (χ3v) is 3.25. The van der Waals surface area contributed by atoms with E-state index in [1.165, 1.54) is 12.1 Å². The first kappa shape index (κ1) is 12.3. The largest absolute Gasteiger partial charge is 0.508 e. The Bertz CT molecular complexity index is 734. The molecule has 0 bridgehead atoms. The molecule has 0 unspecified atom stereocenters. The number of aromatic hydroxyl groups is 3. The summed E-state index contributed by atoms with van der Waals surface area (Å²) in [5.41, 5.74) is 1.98. The number of rotatable bonds is 0. The fourth-order valence-corrected chi connectivity index (χ4v) is 2.47. The summed E-state index contributed by atoms with van der Waals surface area (Å²) in [6.07, 6.45) is 0.271. The number of phenols is 3. The maximum absolute atomic E-state index is 12.1. The van der Waals surface area contributed by atoms with Crippen LogP contribution in [0.2, 0.25) is 0 Å². The Morgan fingerprint density at radius 2 is 1.75 bits per heavy atom. The van der Waals surface area contributed by atoms with E-state index >= 15 is 0 Å². The molecule has 5 nitrogen and oxygen atoms in total. The van der Waals surface area contributed by atoms with E-state index in [9.17, 15) is 20.1 Å². The fourth-order valence-electron chi connectivity index (χ4n) is 2.47. The minimum atomic E-state index is -0.725. The first-order chi connectivity index (χ1) is 9.45.